The van der Waals surface area contributed by atoms with E-state index in [0.29, 0.717) is 16.9 Å². The number of hydrogen-bond acceptors (Lipinski definition) is 4. The second-order valence-corrected chi connectivity index (χ2v) is 3.25. The van der Waals surface area contributed by atoms with Crippen molar-refractivity contribution in [1.82, 2.24) is 0 Å². The van der Waals surface area contributed by atoms with Crippen LogP contribution >= 0.6 is 0 Å². The van der Waals surface area contributed by atoms with Crippen LogP contribution in [0.3, 0.4) is 0 Å². The molecule has 0 saturated carbocycles. The van der Waals surface area contributed by atoms with Crippen molar-refractivity contribution in [3.63, 3.8) is 0 Å². The third kappa shape index (κ3) is 2.81. The van der Waals surface area contributed by atoms with Crippen LogP contribution in [0.25, 0.3) is 6.08 Å². The number of carboxylic acid groups (broad SMARTS) is 1. The van der Waals surface area contributed by atoms with Crippen molar-refractivity contribution in [3.8, 4) is 5.75 Å². The lowest BCUT2D eigenvalue weighted by molar-refractivity contribution is -0.385. The average Bonchev–Trinajstić information content (AvgIpc) is 2.26. The summed E-state index contributed by atoms with van der Waals surface area (Å²) in [6.07, 6.45) is 2.19. The molecule has 0 heterocycles. The van der Waals surface area contributed by atoms with Gasteiger partial charge in [0, 0.05) is 23.3 Å². The molecule has 0 spiro atoms. The van der Waals surface area contributed by atoms with Crippen LogP contribution in [-0.4, -0.2) is 23.1 Å². The van der Waals surface area contributed by atoms with E-state index in [1.54, 1.807) is 6.92 Å². The quantitative estimate of drug-likeness (QED) is 0.491. The molecule has 0 unspecified atom stereocenters. The maximum Gasteiger partial charge on any atom is 0.328 e. The molecule has 0 fully saturated rings. The summed E-state index contributed by atoms with van der Waals surface area (Å²) in [7, 11) is 1.42. The molecule has 6 nitrogen and oxygen atoms in total. The summed E-state index contributed by atoms with van der Waals surface area (Å²) in [5.74, 6) is -0.733. The third-order valence-corrected chi connectivity index (χ3v) is 2.26. The molecule has 90 valence electrons. The van der Waals surface area contributed by atoms with Crippen LogP contribution in [0, 0.1) is 17.0 Å². The number of nitrogens with zero attached hydrogens (tertiary/aromatic N) is 1. The van der Waals surface area contributed by atoms with Crippen molar-refractivity contribution in [2.24, 2.45) is 0 Å². The molecule has 17 heavy (non-hydrogen) atoms. The highest BCUT2D eigenvalue weighted by Gasteiger charge is 2.16. The maximum absolute atomic E-state index is 10.7. The Labute approximate surface area is 97.3 Å². The predicted octanol–water partition coefficient (Wildman–Crippen LogP) is 2.01. The molecule has 1 N–H and O–H groups in total. The standard InChI is InChI=1S/C11H11NO5/c1-7-8(3-6-11(13)14)10(17-2)5-4-9(7)12(15)16/h3-6H,1-2H3,(H,13,14). The molecule has 0 aliphatic carbocycles. The highest BCUT2D eigenvalue weighted by Crippen LogP contribution is 2.30. The van der Waals surface area contributed by atoms with E-state index in [4.69, 9.17) is 9.84 Å². The monoisotopic (exact) mass is 237 g/mol. The lowest BCUT2D eigenvalue weighted by Crippen LogP contribution is -1.97. The van der Waals surface area contributed by atoms with Gasteiger partial charge in [0.2, 0.25) is 0 Å². The van der Waals surface area contributed by atoms with Gasteiger partial charge in [-0.3, -0.25) is 10.1 Å². The van der Waals surface area contributed by atoms with Crippen LogP contribution in [-0.2, 0) is 4.79 Å². The molecular weight excluding hydrogens is 226 g/mol. The molecule has 1 aromatic carbocycles. The first-order chi connectivity index (χ1) is 7.97. The van der Waals surface area contributed by atoms with E-state index in [1.807, 2.05) is 0 Å². The molecular formula is C11H11NO5. The van der Waals surface area contributed by atoms with Gasteiger partial charge in [-0.05, 0) is 19.1 Å². The lowest BCUT2D eigenvalue weighted by Gasteiger charge is -2.07. The van der Waals surface area contributed by atoms with Crippen LogP contribution in [0.4, 0.5) is 5.69 Å². The summed E-state index contributed by atoms with van der Waals surface area (Å²) in [6, 6.07) is 2.76. The van der Waals surface area contributed by atoms with Crippen LogP contribution in [0.15, 0.2) is 18.2 Å². The zero-order chi connectivity index (χ0) is 13.0. The van der Waals surface area contributed by atoms with Gasteiger partial charge in [0.1, 0.15) is 5.75 Å². The first-order valence-corrected chi connectivity index (χ1v) is 4.70. The molecule has 0 bridgehead atoms. The van der Waals surface area contributed by atoms with E-state index in [0.717, 1.165) is 6.08 Å². The van der Waals surface area contributed by atoms with Gasteiger partial charge in [-0.25, -0.2) is 4.79 Å². The minimum absolute atomic E-state index is 0.0733. The highest BCUT2D eigenvalue weighted by molar-refractivity contribution is 5.86. The Balaban J connectivity index is 3.37. The van der Waals surface area contributed by atoms with Crippen molar-refractivity contribution in [3.05, 3.63) is 39.4 Å². The van der Waals surface area contributed by atoms with Crippen molar-refractivity contribution in [1.29, 1.82) is 0 Å². The summed E-state index contributed by atoms with van der Waals surface area (Å²) in [4.78, 5) is 20.7. The molecule has 0 aliphatic heterocycles. The minimum Gasteiger partial charge on any atom is -0.496 e. The molecule has 1 rings (SSSR count). The number of rotatable bonds is 4. The molecule has 6 heteroatoms. The molecule has 0 aromatic heterocycles. The largest absolute Gasteiger partial charge is 0.496 e. The van der Waals surface area contributed by atoms with Crippen LogP contribution in [0.2, 0.25) is 0 Å². The number of methoxy groups -OCH3 is 1. The molecule has 0 aliphatic rings. The number of ether oxygens (including phenoxy) is 1. The van der Waals surface area contributed by atoms with Gasteiger partial charge in [-0.15, -0.1) is 0 Å². The first-order valence-electron chi connectivity index (χ1n) is 4.70. The number of nitro benzene ring substituents is 1. The van der Waals surface area contributed by atoms with Gasteiger partial charge in [0.15, 0.2) is 0 Å². The van der Waals surface area contributed by atoms with E-state index in [1.165, 1.54) is 25.3 Å². The number of nitro groups is 1. The Morgan fingerprint density at radius 2 is 2.18 bits per heavy atom. The number of carbonyl (C=O) groups is 1. The van der Waals surface area contributed by atoms with Crippen molar-refractivity contribution in [2.75, 3.05) is 7.11 Å². The van der Waals surface area contributed by atoms with Crippen molar-refractivity contribution < 1.29 is 19.6 Å². The van der Waals surface area contributed by atoms with Crippen LogP contribution in [0.1, 0.15) is 11.1 Å². The summed E-state index contributed by atoms with van der Waals surface area (Å²) in [6.45, 7) is 1.54. The average molecular weight is 237 g/mol. The maximum atomic E-state index is 10.7. The normalized spacial score (nSPS) is 10.5. The highest BCUT2D eigenvalue weighted by atomic mass is 16.6. The number of aliphatic carboxylic acids is 1. The molecule has 0 radical (unpaired) electrons. The second kappa shape index (κ2) is 5.11. The molecule has 0 saturated heterocycles. The molecule has 1 aromatic rings. The smallest absolute Gasteiger partial charge is 0.328 e. The summed E-state index contributed by atoms with van der Waals surface area (Å²) >= 11 is 0. The Hall–Kier alpha value is -2.37. The SMILES string of the molecule is COc1ccc([N+](=O)[O-])c(C)c1C=CC(=O)O. The third-order valence-electron chi connectivity index (χ3n) is 2.26. The van der Waals surface area contributed by atoms with Crippen molar-refractivity contribution in [2.45, 2.75) is 6.92 Å². The topological polar surface area (TPSA) is 89.7 Å². The van der Waals surface area contributed by atoms with E-state index in [-0.39, 0.29) is 5.69 Å². The molecule has 0 amide bonds. The van der Waals surface area contributed by atoms with Gasteiger partial charge in [0.25, 0.3) is 5.69 Å². The van der Waals surface area contributed by atoms with Gasteiger partial charge < -0.3 is 9.84 Å². The fourth-order valence-corrected chi connectivity index (χ4v) is 1.43. The van der Waals surface area contributed by atoms with E-state index >= 15 is 0 Å². The van der Waals surface area contributed by atoms with E-state index in [2.05, 4.69) is 0 Å². The summed E-state index contributed by atoms with van der Waals surface area (Å²) in [5.41, 5.74) is 0.687. The van der Waals surface area contributed by atoms with Gasteiger partial charge in [-0.2, -0.15) is 0 Å². The van der Waals surface area contributed by atoms with Crippen LogP contribution in [0.5, 0.6) is 5.75 Å². The van der Waals surface area contributed by atoms with Crippen LogP contribution < -0.4 is 4.74 Å². The first kappa shape index (κ1) is 12.7. The Morgan fingerprint density at radius 1 is 1.53 bits per heavy atom. The summed E-state index contributed by atoms with van der Waals surface area (Å²) < 4.78 is 5.03. The number of carboxylic acids is 1. The lowest BCUT2D eigenvalue weighted by atomic mass is 10.0. The predicted molar refractivity (Wildman–Crippen MR) is 61.1 cm³/mol. The summed E-state index contributed by atoms with van der Waals surface area (Å²) in [5, 5.41) is 19.3. The number of benzene rings is 1. The fraction of sp³-hybridized carbons (Fsp3) is 0.182. The Morgan fingerprint density at radius 3 is 2.65 bits per heavy atom. The van der Waals surface area contributed by atoms with Gasteiger partial charge >= 0.3 is 5.97 Å². The Kier molecular flexibility index (Phi) is 3.82. The van der Waals surface area contributed by atoms with Crippen molar-refractivity contribution >= 4 is 17.7 Å². The second-order valence-electron chi connectivity index (χ2n) is 3.25. The van der Waals surface area contributed by atoms with Gasteiger partial charge in [0.05, 0.1) is 12.0 Å². The minimum atomic E-state index is -1.13. The van der Waals surface area contributed by atoms with Gasteiger partial charge in [-0.1, -0.05) is 0 Å². The zero-order valence-electron chi connectivity index (χ0n) is 9.34. The fourth-order valence-electron chi connectivity index (χ4n) is 1.43. The number of hydrogen-bond donors (Lipinski definition) is 1. The van der Waals surface area contributed by atoms with E-state index < -0.39 is 10.9 Å². The molecule has 0 atom stereocenters. The van der Waals surface area contributed by atoms with E-state index in [9.17, 15) is 14.9 Å². The zero-order valence-corrected chi connectivity index (χ0v) is 9.34. The Bertz CT molecular complexity index is 493.